The van der Waals surface area contributed by atoms with Gasteiger partial charge in [0.25, 0.3) is 0 Å². The molecular weight excluding hydrogens is 227 g/mol. The Labute approximate surface area is 82.8 Å². The molecule has 0 N–H and O–H groups in total. The van der Waals surface area contributed by atoms with Crippen LogP contribution < -0.4 is 0 Å². The van der Waals surface area contributed by atoms with Crippen LogP contribution in [0.3, 0.4) is 0 Å². The molecule has 0 heterocycles. The number of hydrogen-bond acceptors (Lipinski definition) is 1. The first-order valence-electron chi connectivity index (χ1n) is 3.51. The predicted octanol–water partition coefficient (Wildman–Crippen LogP) is 1.50. The van der Waals surface area contributed by atoms with Gasteiger partial charge in [-0.05, 0) is 26.1 Å². The van der Waals surface area contributed by atoms with Crippen molar-refractivity contribution in [1.82, 2.24) is 4.90 Å². The number of rotatable bonds is 2. The van der Waals surface area contributed by atoms with Gasteiger partial charge in [0.05, 0.1) is 0 Å². The summed E-state index contributed by atoms with van der Waals surface area (Å²) in [5, 5.41) is 0. The van der Waals surface area contributed by atoms with Crippen LogP contribution in [-0.4, -0.2) is 31.9 Å². The molecule has 0 aliphatic rings. The quantitative estimate of drug-likeness (QED) is 0.236. The second-order valence-corrected chi connectivity index (χ2v) is 3.74. The molecule has 0 saturated carbocycles. The SMILES string of the molecule is CN=[C-]N(C)CC(C)(C)C.[Rh]. The van der Waals surface area contributed by atoms with Gasteiger partial charge in [0.1, 0.15) is 0 Å². The van der Waals surface area contributed by atoms with E-state index in [0.717, 1.165) is 6.54 Å². The number of hydrogen-bond donors (Lipinski definition) is 0. The minimum atomic E-state index is 0. The van der Waals surface area contributed by atoms with E-state index >= 15 is 0 Å². The van der Waals surface area contributed by atoms with E-state index in [1.54, 1.807) is 7.05 Å². The first-order chi connectivity index (χ1) is 4.45. The fourth-order valence-corrected chi connectivity index (χ4v) is 0.918. The van der Waals surface area contributed by atoms with Crippen molar-refractivity contribution < 1.29 is 19.5 Å². The second-order valence-electron chi connectivity index (χ2n) is 3.74. The molecule has 2 nitrogen and oxygen atoms in total. The van der Waals surface area contributed by atoms with Crippen LogP contribution in [0, 0.1) is 5.41 Å². The molecule has 0 saturated heterocycles. The van der Waals surface area contributed by atoms with E-state index < -0.39 is 0 Å². The number of nitrogens with zero attached hydrogens (tertiary/aromatic N) is 2. The van der Waals surface area contributed by atoms with Crippen LogP contribution in [-0.2, 0) is 19.5 Å². The maximum absolute atomic E-state index is 3.80. The van der Waals surface area contributed by atoms with Gasteiger partial charge < -0.3 is 9.89 Å². The molecule has 0 rings (SSSR count). The van der Waals surface area contributed by atoms with Gasteiger partial charge in [-0.15, -0.1) is 0 Å². The van der Waals surface area contributed by atoms with E-state index in [0.29, 0.717) is 5.41 Å². The van der Waals surface area contributed by atoms with Gasteiger partial charge in [-0.3, -0.25) is 6.34 Å². The standard InChI is InChI=1S/C8H17N2.Rh/c1-8(2,3)6-10(5)7-9-4;/h6H2,1-5H3;/q-1;. The topological polar surface area (TPSA) is 15.6 Å². The first-order valence-corrected chi connectivity index (χ1v) is 3.51. The summed E-state index contributed by atoms with van der Waals surface area (Å²) in [6, 6.07) is 0. The van der Waals surface area contributed by atoms with Crippen molar-refractivity contribution in [2.75, 3.05) is 20.6 Å². The molecule has 0 atom stereocenters. The maximum atomic E-state index is 3.80. The molecule has 0 spiro atoms. The second kappa shape index (κ2) is 5.71. The van der Waals surface area contributed by atoms with Gasteiger partial charge in [0, 0.05) is 19.5 Å². The summed E-state index contributed by atoms with van der Waals surface area (Å²) in [5.41, 5.74) is 0.326. The van der Waals surface area contributed by atoms with E-state index in [1.807, 2.05) is 11.9 Å². The summed E-state index contributed by atoms with van der Waals surface area (Å²) in [7, 11) is 3.72. The van der Waals surface area contributed by atoms with Crippen LogP contribution in [0.5, 0.6) is 0 Å². The molecule has 0 unspecified atom stereocenters. The zero-order valence-corrected chi connectivity index (χ0v) is 9.57. The van der Waals surface area contributed by atoms with Crippen LogP contribution in [0.1, 0.15) is 20.8 Å². The molecule has 0 aromatic heterocycles. The average Bonchev–Trinajstić information content (AvgIpc) is 1.59. The summed E-state index contributed by atoms with van der Waals surface area (Å²) in [6.45, 7) is 7.58. The molecule has 0 aliphatic heterocycles. The normalized spacial score (nSPS) is 11.4. The Hall–Kier alpha value is 0.0934. The molecule has 0 bridgehead atoms. The Kier molecular flexibility index (Phi) is 7.09. The van der Waals surface area contributed by atoms with Crippen molar-refractivity contribution in [3.63, 3.8) is 0 Å². The number of aliphatic imine (C=N–C) groups is 1. The van der Waals surface area contributed by atoms with Gasteiger partial charge in [-0.25, -0.2) is 0 Å². The van der Waals surface area contributed by atoms with Gasteiger partial charge in [0.2, 0.25) is 0 Å². The van der Waals surface area contributed by atoms with Gasteiger partial charge >= 0.3 is 0 Å². The van der Waals surface area contributed by atoms with Gasteiger partial charge in [0.15, 0.2) is 0 Å². The van der Waals surface area contributed by atoms with E-state index in [2.05, 4.69) is 32.1 Å². The summed E-state index contributed by atoms with van der Waals surface area (Å²) in [6.07, 6.45) is 2.86. The van der Waals surface area contributed by atoms with Crippen LogP contribution in [0.25, 0.3) is 0 Å². The third kappa shape index (κ3) is 10.1. The Balaban J connectivity index is 0. The minimum absolute atomic E-state index is 0. The van der Waals surface area contributed by atoms with Gasteiger partial charge in [-0.2, -0.15) is 0 Å². The summed E-state index contributed by atoms with van der Waals surface area (Å²) < 4.78 is 0. The molecule has 0 amide bonds. The monoisotopic (exact) mass is 244 g/mol. The summed E-state index contributed by atoms with van der Waals surface area (Å²) in [4.78, 5) is 5.77. The molecule has 0 aromatic carbocycles. The molecule has 69 valence electrons. The van der Waals surface area contributed by atoms with Crippen molar-refractivity contribution >= 4 is 6.34 Å². The third-order valence-corrected chi connectivity index (χ3v) is 0.982. The van der Waals surface area contributed by atoms with Crippen LogP contribution >= 0.6 is 0 Å². The van der Waals surface area contributed by atoms with Crippen LogP contribution in [0.2, 0.25) is 0 Å². The molecule has 3 heteroatoms. The largest absolute Gasteiger partial charge is 0.540 e. The average molecular weight is 244 g/mol. The summed E-state index contributed by atoms with van der Waals surface area (Å²) in [5.74, 6) is 0. The Morgan fingerprint density at radius 1 is 1.36 bits per heavy atom. The maximum Gasteiger partial charge on any atom is 0 e. The Morgan fingerprint density at radius 3 is 2.09 bits per heavy atom. The van der Waals surface area contributed by atoms with Crippen molar-refractivity contribution in [2.24, 2.45) is 10.4 Å². The zero-order chi connectivity index (χ0) is 8.20. The van der Waals surface area contributed by atoms with E-state index in [-0.39, 0.29) is 19.5 Å². The van der Waals surface area contributed by atoms with Crippen molar-refractivity contribution in [3.05, 3.63) is 0 Å². The molecular formula is C8H17N2Rh-. The zero-order valence-electron chi connectivity index (χ0n) is 7.93. The van der Waals surface area contributed by atoms with E-state index in [4.69, 9.17) is 0 Å². The molecule has 0 aromatic rings. The molecule has 11 heavy (non-hydrogen) atoms. The first kappa shape index (κ1) is 13.7. The fourth-order valence-electron chi connectivity index (χ4n) is 0.918. The van der Waals surface area contributed by atoms with E-state index in [1.165, 1.54) is 0 Å². The smallest absolute Gasteiger partial charge is 0 e. The fraction of sp³-hybridized carbons (Fsp3) is 0.875. The predicted molar refractivity (Wildman–Crippen MR) is 45.4 cm³/mol. The summed E-state index contributed by atoms with van der Waals surface area (Å²) >= 11 is 0. The molecule has 0 fully saturated rings. The van der Waals surface area contributed by atoms with Crippen molar-refractivity contribution in [3.8, 4) is 0 Å². The molecule has 1 radical (unpaired) electrons. The molecule has 0 aliphatic carbocycles. The van der Waals surface area contributed by atoms with Crippen LogP contribution in [0.15, 0.2) is 4.99 Å². The third-order valence-electron chi connectivity index (χ3n) is 0.982. The Bertz CT molecular complexity index is 116. The minimum Gasteiger partial charge on any atom is -0.540 e. The van der Waals surface area contributed by atoms with E-state index in [9.17, 15) is 0 Å². The van der Waals surface area contributed by atoms with Gasteiger partial charge in [-0.1, -0.05) is 20.8 Å². The Morgan fingerprint density at radius 2 is 1.82 bits per heavy atom. The van der Waals surface area contributed by atoms with Crippen molar-refractivity contribution in [2.45, 2.75) is 20.8 Å². The van der Waals surface area contributed by atoms with Crippen molar-refractivity contribution in [1.29, 1.82) is 0 Å². The van der Waals surface area contributed by atoms with Crippen LogP contribution in [0.4, 0.5) is 0 Å².